The standard InChI is InChI=1S/3C8H8F2.C8H9F.3C8H16.C7H7F/c2*1-5-3-7(9)6(2)8(10)4-5;1-5-3-4-6(2)8(10)7(5)9;1-6-3-4-7(2)8(9)5-6;3*1-7-3-5-8(2)6-4-7;1-6-4-2-3-5-7(6)8/h3*3-4H,1-2H3;3-5H,1-2H3;3*7-8H,3-6H2,1-2H3;2-5H,1H3. The minimum Gasteiger partial charge on any atom is -0.207 e. The van der Waals surface area contributed by atoms with Gasteiger partial charge in [-0.05, 0) is 173 Å². The third kappa shape index (κ3) is 27.3. The van der Waals surface area contributed by atoms with Gasteiger partial charge in [-0.15, -0.1) is 0 Å². The van der Waals surface area contributed by atoms with Crippen molar-refractivity contribution in [2.75, 3.05) is 0 Å². The smallest absolute Gasteiger partial charge is 0.161 e. The van der Waals surface area contributed by atoms with E-state index in [1.807, 2.05) is 19.1 Å². The van der Waals surface area contributed by atoms with Gasteiger partial charge in [0.15, 0.2) is 11.6 Å². The second-order valence-electron chi connectivity index (χ2n) is 21.1. The molecule has 8 heteroatoms. The quantitative estimate of drug-likeness (QED) is 0.136. The molecule has 0 nitrogen and oxygen atoms in total. The molecule has 0 atom stereocenters. The molecular formula is C63H88F8. The Morgan fingerprint density at radius 2 is 0.507 bits per heavy atom. The summed E-state index contributed by atoms with van der Waals surface area (Å²) >= 11 is 0. The number of aryl methyl sites for hydroxylation is 7. The van der Waals surface area contributed by atoms with Crippen LogP contribution in [0.3, 0.4) is 0 Å². The van der Waals surface area contributed by atoms with E-state index in [0.717, 1.165) is 41.1 Å². The van der Waals surface area contributed by atoms with Crippen molar-refractivity contribution in [3.05, 3.63) is 175 Å². The van der Waals surface area contributed by atoms with Gasteiger partial charge >= 0.3 is 0 Å². The fourth-order valence-corrected chi connectivity index (χ4v) is 7.82. The van der Waals surface area contributed by atoms with Gasteiger partial charge in [-0.3, -0.25) is 0 Å². The molecule has 0 heterocycles. The van der Waals surface area contributed by atoms with Crippen LogP contribution in [0.4, 0.5) is 35.1 Å². The first-order valence-electron chi connectivity index (χ1n) is 25.9. The van der Waals surface area contributed by atoms with Gasteiger partial charge in [-0.1, -0.05) is 161 Å². The van der Waals surface area contributed by atoms with Crippen LogP contribution in [0.5, 0.6) is 0 Å². The van der Waals surface area contributed by atoms with Gasteiger partial charge in [0.2, 0.25) is 0 Å². The largest absolute Gasteiger partial charge is 0.207 e. The molecule has 0 bridgehead atoms. The molecule has 0 saturated heterocycles. The van der Waals surface area contributed by atoms with Crippen molar-refractivity contribution < 1.29 is 35.1 Å². The lowest BCUT2D eigenvalue weighted by molar-refractivity contribution is 0.308. The summed E-state index contributed by atoms with van der Waals surface area (Å²) < 4.78 is 101. The zero-order valence-electron chi connectivity index (χ0n) is 46.0. The Morgan fingerprint density at radius 3 is 0.732 bits per heavy atom. The monoisotopic (exact) mass is 997 g/mol. The van der Waals surface area contributed by atoms with Gasteiger partial charge in [-0.25, -0.2) is 35.1 Å². The molecule has 3 fully saturated rings. The number of halogens is 8. The number of rotatable bonds is 0. The van der Waals surface area contributed by atoms with E-state index in [-0.39, 0.29) is 22.8 Å². The average Bonchev–Trinajstić information content (AvgIpc) is 3.32. The van der Waals surface area contributed by atoms with E-state index in [4.69, 9.17) is 0 Å². The molecule has 3 aliphatic rings. The maximum absolute atomic E-state index is 12.6. The molecule has 5 aromatic carbocycles. The second-order valence-corrected chi connectivity index (χ2v) is 21.1. The average molecular weight is 997 g/mol. The maximum Gasteiger partial charge on any atom is 0.161 e. The van der Waals surface area contributed by atoms with Crippen molar-refractivity contribution in [1.82, 2.24) is 0 Å². The molecule has 0 spiro atoms. The molecule has 0 aromatic heterocycles. The number of hydrogen-bond acceptors (Lipinski definition) is 0. The Hall–Kier alpha value is -4.46. The van der Waals surface area contributed by atoms with Crippen LogP contribution in [-0.2, 0) is 0 Å². The summed E-state index contributed by atoms with van der Waals surface area (Å²) in [5, 5.41) is 0. The van der Waals surface area contributed by atoms with Crippen LogP contribution >= 0.6 is 0 Å². The first kappa shape index (κ1) is 64.6. The third-order valence-electron chi connectivity index (χ3n) is 13.6. The van der Waals surface area contributed by atoms with Gasteiger partial charge in [0.05, 0.1) is 0 Å². The summed E-state index contributed by atoms with van der Waals surface area (Å²) in [5.74, 6) is 2.50. The zero-order valence-corrected chi connectivity index (χ0v) is 46.0. The van der Waals surface area contributed by atoms with Crippen molar-refractivity contribution in [2.24, 2.45) is 35.5 Å². The highest BCUT2D eigenvalue weighted by Crippen LogP contribution is 2.29. The first-order valence-corrected chi connectivity index (χ1v) is 25.9. The number of hydrogen-bond donors (Lipinski definition) is 0. The lowest BCUT2D eigenvalue weighted by atomic mass is 9.84. The minimum atomic E-state index is -0.736. The highest BCUT2D eigenvalue weighted by atomic mass is 19.2. The van der Waals surface area contributed by atoms with Crippen molar-refractivity contribution in [3.8, 4) is 0 Å². The molecule has 3 saturated carbocycles. The van der Waals surface area contributed by atoms with Crippen LogP contribution in [0.1, 0.15) is 169 Å². The van der Waals surface area contributed by atoms with Crippen molar-refractivity contribution in [1.29, 1.82) is 0 Å². The summed E-state index contributed by atoms with van der Waals surface area (Å²) in [4.78, 5) is 0. The predicted molar refractivity (Wildman–Crippen MR) is 285 cm³/mol. The van der Waals surface area contributed by atoms with E-state index in [0.29, 0.717) is 33.4 Å². The van der Waals surface area contributed by atoms with E-state index in [1.54, 1.807) is 58.0 Å². The number of benzene rings is 5. The molecule has 0 N–H and O–H groups in total. The lowest BCUT2D eigenvalue weighted by Crippen LogP contribution is -2.08. The van der Waals surface area contributed by atoms with Gasteiger partial charge in [0.1, 0.15) is 34.9 Å². The molecule has 0 aliphatic heterocycles. The predicted octanol–water partition coefficient (Wildman–Crippen LogP) is 20.8. The van der Waals surface area contributed by atoms with Crippen LogP contribution in [0.25, 0.3) is 0 Å². The van der Waals surface area contributed by atoms with E-state index in [2.05, 4.69) is 41.5 Å². The molecule has 71 heavy (non-hydrogen) atoms. The Kier molecular flexibility index (Phi) is 31.0. The maximum atomic E-state index is 12.6. The second kappa shape index (κ2) is 34.1. The lowest BCUT2D eigenvalue weighted by Gasteiger charge is -2.22. The van der Waals surface area contributed by atoms with Crippen molar-refractivity contribution in [2.45, 2.75) is 181 Å². The highest BCUT2D eigenvalue weighted by Gasteiger charge is 2.15. The van der Waals surface area contributed by atoms with Crippen LogP contribution < -0.4 is 0 Å². The molecule has 5 aromatic rings. The molecule has 3 aliphatic carbocycles. The third-order valence-corrected chi connectivity index (χ3v) is 13.6. The summed E-state index contributed by atoms with van der Waals surface area (Å²) in [6.07, 6.45) is 17.7. The normalized spacial score (nSPS) is 19.9. The Balaban J connectivity index is 0.000000406. The van der Waals surface area contributed by atoms with Crippen molar-refractivity contribution >= 4 is 0 Å². The fraction of sp³-hybridized carbons (Fsp3) is 0.524. The molecule has 0 amide bonds. The Labute approximate surface area is 425 Å². The highest BCUT2D eigenvalue weighted by molar-refractivity contribution is 5.26. The van der Waals surface area contributed by atoms with Crippen LogP contribution in [0.15, 0.2) is 78.9 Å². The van der Waals surface area contributed by atoms with E-state index in [1.165, 1.54) is 141 Å². The first-order chi connectivity index (χ1) is 33.2. The summed E-state index contributed by atoms with van der Waals surface area (Å²) in [6, 6.07) is 20.3. The van der Waals surface area contributed by atoms with Gasteiger partial charge in [0.25, 0.3) is 0 Å². The molecule has 396 valence electrons. The van der Waals surface area contributed by atoms with Gasteiger partial charge < -0.3 is 0 Å². The Morgan fingerprint density at radius 1 is 0.268 bits per heavy atom. The minimum absolute atomic E-state index is 0.0885. The van der Waals surface area contributed by atoms with E-state index >= 15 is 0 Å². The van der Waals surface area contributed by atoms with Crippen LogP contribution in [0.2, 0.25) is 0 Å². The molecule has 0 unspecified atom stereocenters. The molecular weight excluding hydrogens is 909 g/mol. The molecule has 0 radical (unpaired) electrons. The van der Waals surface area contributed by atoms with E-state index < -0.39 is 34.9 Å². The van der Waals surface area contributed by atoms with Gasteiger partial charge in [0, 0.05) is 11.1 Å². The van der Waals surface area contributed by atoms with Crippen LogP contribution in [0, 0.1) is 144 Å². The van der Waals surface area contributed by atoms with E-state index in [9.17, 15) is 35.1 Å². The van der Waals surface area contributed by atoms with Crippen LogP contribution in [-0.4, -0.2) is 0 Å². The van der Waals surface area contributed by atoms with Crippen molar-refractivity contribution in [3.63, 3.8) is 0 Å². The SMILES string of the molecule is CC1CCC(C)CC1.CC1CCC(C)CC1.CC1CCC(C)CC1.Cc1cc(F)c(C)c(F)c1.Cc1cc(F)c(C)c(F)c1.Cc1ccc(C)c(F)c1.Cc1ccc(C)c(F)c1F.Cc1ccccc1F. The molecule has 8 rings (SSSR count). The summed E-state index contributed by atoms with van der Waals surface area (Å²) in [7, 11) is 0. The summed E-state index contributed by atoms with van der Waals surface area (Å²) in [5.41, 5.74) is 4.48. The van der Waals surface area contributed by atoms with Gasteiger partial charge in [-0.2, -0.15) is 0 Å². The summed E-state index contributed by atoms with van der Waals surface area (Å²) in [6.45, 7) is 28.8. The zero-order chi connectivity index (χ0) is 54.0. The topological polar surface area (TPSA) is 0 Å². The fourth-order valence-electron chi connectivity index (χ4n) is 7.82. The Bertz CT molecular complexity index is 2030.